The minimum Gasteiger partial charge on any atom is -0.212 e. The maximum absolute atomic E-state index is 11.5. The molecule has 1 aliphatic heterocycles. The number of alkyl halides is 1. The van der Waals surface area contributed by atoms with Gasteiger partial charge in [-0.1, -0.05) is 0 Å². The average Bonchev–Trinajstić information content (AvgIpc) is 2.35. The summed E-state index contributed by atoms with van der Waals surface area (Å²) in [6.45, 7) is 4.44. The summed E-state index contributed by atoms with van der Waals surface area (Å²) in [5.41, 5.74) is 0. The smallest absolute Gasteiger partial charge is 0.212 e. The topological polar surface area (TPSA) is 37.4 Å². The van der Waals surface area contributed by atoms with Gasteiger partial charge in [0.15, 0.2) is 0 Å². The molecule has 1 atom stereocenters. The van der Waals surface area contributed by atoms with Gasteiger partial charge in [-0.2, -0.15) is 0 Å². The first kappa shape index (κ1) is 10.3. The van der Waals surface area contributed by atoms with Gasteiger partial charge in [-0.3, -0.25) is 0 Å². The van der Waals surface area contributed by atoms with E-state index in [-0.39, 0.29) is 10.6 Å². The maximum atomic E-state index is 11.5. The lowest BCUT2D eigenvalue weighted by Gasteiger charge is -2.17. The summed E-state index contributed by atoms with van der Waals surface area (Å²) in [5, 5.41) is -0.335. The molecule has 0 amide bonds. The predicted molar refractivity (Wildman–Crippen MR) is 49.9 cm³/mol. The van der Waals surface area contributed by atoms with Gasteiger partial charge in [0.1, 0.15) is 0 Å². The second-order valence-corrected chi connectivity index (χ2v) is 6.44. The van der Waals surface area contributed by atoms with Gasteiger partial charge in [-0.15, -0.1) is 11.6 Å². The SMILES string of the molecule is CC(C)S(=O)(=O)N1CCC(Cl)C1. The normalized spacial score (nSPS) is 26.8. The second kappa shape index (κ2) is 3.52. The molecule has 1 aliphatic rings. The summed E-state index contributed by atoms with van der Waals surface area (Å²) in [6.07, 6.45) is 0.771. The monoisotopic (exact) mass is 211 g/mol. The third kappa shape index (κ3) is 1.92. The Morgan fingerprint density at radius 2 is 2.08 bits per heavy atom. The Labute approximate surface area is 78.7 Å². The van der Waals surface area contributed by atoms with Gasteiger partial charge in [0.25, 0.3) is 0 Å². The largest absolute Gasteiger partial charge is 0.216 e. The molecule has 1 fully saturated rings. The van der Waals surface area contributed by atoms with Crippen molar-refractivity contribution < 1.29 is 8.42 Å². The van der Waals surface area contributed by atoms with Crippen molar-refractivity contribution in [3.63, 3.8) is 0 Å². The lowest BCUT2D eigenvalue weighted by Crippen LogP contribution is -2.34. The minimum atomic E-state index is -3.06. The van der Waals surface area contributed by atoms with Crippen molar-refractivity contribution in [1.82, 2.24) is 4.31 Å². The van der Waals surface area contributed by atoms with Gasteiger partial charge in [0, 0.05) is 18.5 Å². The number of hydrogen-bond donors (Lipinski definition) is 0. The molecule has 1 rings (SSSR count). The Hall–Kier alpha value is 0.200. The number of hydrogen-bond acceptors (Lipinski definition) is 2. The van der Waals surface area contributed by atoms with Crippen LogP contribution in [0.3, 0.4) is 0 Å². The summed E-state index contributed by atoms with van der Waals surface area (Å²) in [6, 6.07) is 0. The molecule has 3 nitrogen and oxygen atoms in total. The molecule has 0 N–H and O–H groups in total. The molecule has 0 radical (unpaired) electrons. The molecule has 0 aromatic rings. The first-order valence-corrected chi connectivity index (χ1v) is 6.01. The summed E-state index contributed by atoms with van der Waals surface area (Å²) in [5.74, 6) is 0. The van der Waals surface area contributed by atoms with Gasteiger partial charge in [-0.05, 0) is 20.3 Å². The fourth-order valence-electron chi connectivity index (χ4n) is 1.22. The first-order valence-electron chi connectivity index (χ1n) is 4.07. The van der Waals surface area contributed by atoms with Crippen molar-refractivity contribution in [2.45, 2.75) is 30.9 Å². The van der Waals surface area contributed by atoms with Crippen molar-refractivity contribution in [1.29, 1.82) is 0 Å². The zero-order chi connectivity index (χ0) is 9.35. The molecule has 1 heterocycles. The number of halogens is 1. The molecule has 5 heteroatoms. The van der Waals surface area contributed by atoms with Crippen molar-refractivity contribution in [2.75, 3.05) is 13.1 Å². The van der Waals surface area contributed by atoms with Crippen LogP contribution in [0.4, 0.5) is 0 Å². The third-order valence-electron chi connectivity index (χ3n) is 2.05. The van der Waals surface area contributed by atoms with Crippen LogP contribution < -0.4 is 0 Å². The Morgan fingerprint density at radius 3 is 2.42 bits per heavy atom. The quantitative estimate of drug-likeness (QED) is 0.640. The molecule has 12 heavy (non-hydrogen) atoms. The molecule has 72 valence electrons. The van der Waals surface area contributed by atoms with Crippen molar-refractivity contribution in [3.05, 3.63) is 0 Å². The van der Waals surface area contributed by atoms with Gasteiger partial charge < -0.3 is 0 Å². The summed E-state index contributed by atoms with van der Waals surface area (Å²) in [4.78, 5) is 0. The molecular formula is C7H14ClNO2S. The lowest BCUT2D eigenvalue weighted by atomic mass is 10.4. The molecule has 0 aromatic carbocycles. The molecule has 0 saturated carbocycles. The van der Waals surface area contributed by atoms with Crippen LogP contribution in [0, 0.1) is 0 Å². The van der Waals surface area contributed by atoms with E-state index in [1.165, 1.54) is 4.31 Å². The average molecular weight is 212 g/mol. The highest BCUT2D eigenvalue weighted by Gasteiger charge is 2.31. The Balaban J connectivity index is 2.71. The molecule has 1 unspecified atom stereocenters. The number of rotatable bonds is 2. The van der Waals surface area contributed by atoms with Gasteiger partial charge in [-0.25, -0.2) is 12.7 Å². The van der Waals surface area contributed by atoms with Crippen LogP contribution in [0.15, 0.2) is 0 Å². The van der Waals surface area contributed by atoms with Crippen LogP contribution in [0.2, 0.25) is 0 Å². The van der Waals surface area contributed by atoms with Crippen LogP contribution in [-0.4, -0.2) is 36.4 Å². The van der Waals surface area contributed by atoms with Crippen LogP contribution in [0.1, 0.15) is 20.3 Å². The highest BCUT2D eigenvalue weighted by atomic mass is 35.5. The molecule has 0 spiro atoms. The lowest BCUT2D eigenvalue weighted by molar-refractivity contribution is 0.470. The second-order valence-electron chi connectivity index (χ2n) is 3.34. The van der Waals surface area contributed by atoms with Gasteiger partial charge in [0.2, 0.25) is 10.0 Å². The zero-order valence-corrected chi connectivity index (χ0v) is 8.90. The van der Waals surface area contributed by atoms with E-state index in [9.17, 15) is 8.42 Å². The Morgan fingerprint density at radius 1 is 1.50 bits per heavy atom. The van der Waals surface area contributed by atoms with Gasteiger partial charge in [0.05, 0.1) is 5.25 Å². The zero-order valence-electron chi connectivity index (χ0n) is 7.33. The molecular weight excluding hydrogens is 198 g/mol. The fraction of sp³-hybridized carbons (Fsp3) is 1.00. The van der Waals surface area contributed by atoms with E-state index in [1.54, 1.807) is 13.8 Å². The van der Waals surface area contributed by atoms with E-state index in [0.29, 0.717) is 13.1 Å². The molecule has 0 aliphatic carbocycles. The van der Waals surface area contributed by atoms with Crippen LogP contribution >= 0.6 is 11.6 Å². The van der Waals surface area contributed by atoms with Crippen LogP contribution in [0.5, 0.6) is 0 Å². The van der Waals surface area contributed by atoms with E-state index in [2.05, 4.69) is 0 Å². The van der Waals surface area contributed by atoms with Crippen LogP contribution in [-0.2, 0) is 10.0 Å². The van der Waals surface area contributed by atoms with Crippen molar-refractivity contribution in [3.8, 4) is 0 Å². The van der Waals surface area contributed by atoms with E-state index in [4.69, 9.17) is 11.6 Å². The van der Waals surface area contributed by atoms with E-state index < -0.39 is 10.0 Å². The molecule has 1 saturated heterocycles. The van der Waals surface area contributed by atoms with Crippen molar-refractivity contribution in [2.24, 2.45) is 0 Å². The van der Waals surface area contributed by atoms with Gasteiger partial charge >= 0.3 is 0 Å². The Bertz CT molecular complexity index is 250. The predicted octanol–water partition coefficient (Wildman–Crippen LogP) is 1.04. The summed E-state index contributed by atoms with van der Waals surface area (Å²) in [7, 11) is -3.06. The van der Waals surface area contributed by atoms with Crippen LogP contribution in [0.25, 0.3) is 0 Å². The molecule has 0 bridgehead atoms. The minimum absolute atomic E-state index is 0.00137. The summed E-state index contributed by atoms with van der Waals surface area (Å²) >= 11 is 5.81. The first-order chi connectivity index (χ1) is 5.44. The van der Waals surface area contributed by atoms with E-state index in [0.717, 1.165) is 6.42 Å². The fourth-order valence-corrected chi connectivity index (χ4v) is 2.91. The third-order valence-corrected chi connectivity index (χ3v) is 4.65. The number of nitrogens with zero attached hydrogens (tertiary/aromatic N) is 1. The maximum Gasteiger partial charge on any atom is 0.216 e. The Kier molecular flexibility index (Phi) is 3.01. The van der Waals surface area contributed by atoms with E-state index in [1.807, 2.05) is 0 Å². The summed E-state index contributed by atoms with van der Waals surface area (Å²) < 4.78 is 24.6. The molecule has 0 aromatic heterocycles. The van der Waals surface area contributed by atoms with Crippen molar-refractivity contribution >= 4 is 21.6 Å². The van der Waals surface area contributed by atoms with E-state index >= 15 is 0 Å². The highest BCUT2D eigenvalue weighted by molar-refractivity contribution is 7.89. The standard InChI is InChI=1S/C7H14ClNO2S/c1-6(2)12(10,11)9-4-3-7(8)5-9/h6-7H,3-5H2,1-2H3. The number of sulfonamides is 1. The highest BCUT2D eigenvalue weighted by Crippen LogP contribution is 2.20.